The van der Waals surface area contributed by atoms with Crippen LogP contribution < -0.4 is 5.32 Å². The minimum atomic E-state index is 0.273. The van der Waals surface area contributed by atoms with Crippen LogP contribution >= 0.6 is 0 Å². The van der Waals surface area contributed by atoms with Crippen molar-refractivity contribution in [3.8, 4) is 6.07 Å². The maximum atomic E-state index is 8.58. The Morgan fingerprint density at radius 2 is 2.33 bits per heavy atom. The number of hydrogen-bond donors (Lipinski definition) is 1. The quantitative estimate of drug-likeness (QED) is 0.563. The predicted octanol–water partition coefficient (Wildman–Crippen LogP) is 0.898. The lowest BCUT2D eigenvalue weighted by Crippen LogP contribution is -2.27. The second-order valence-electron chi connectivity index (χ2n) is 2.56. The van der Waals surface area contributed by atoms with E-state index in [0.29, 0.717) is 6.04 Å². The van der Waals surface area contributed by atoms with Crippen molar-refractivity contribution in [3.63, 3.8) is 0 Å². The molecule has 1 rings (SSSR count). The van der Waals surface area contributed by atoms with Gasteiger partial charge >= 0.3 is 0 Å². The molecular formula is C7H12N2. The zero-order valence-corrected chi connectivity index (χ0v) is 5.72. The molecule has 1 fully saturated rings. The van der Waals surface area contributed by atoms with Gasteiger partial charge in [-0.05, 0) is 19.9 Å². The van der Waals surface area contributed by atoms with E-state index < -0.39 is 0 Å². The van der Waals surface area contributed by atoms with E-state index in [-0.39, 0.29) is 5.92 Å². The fraction of sp³-hybridized carbons (Fsp3) is 0.857. The Hall–Kier alpha value is -0.550. The van der Waals surface area contributed by atoms with Gasteiger partial charge in [-0.2, -0.15) is 5.26 Å². The normalized spacial score (nSPS) is 34.2. The Balaban J connectivity index is 2.44. The van der Waals surface area contributed by atoms with Crippen LogP contribution in [-0.2, 0) is 0 Å². The highest BCUT2D eigenvalue weighted by Gasteiger charge is 2.24. The molecule has 0 aromatic carbocycles. The van der Waals surface area contributed by atoms with Crippen molar-refractivity contribution in [1.29, 1.82) is 5.26 Å². The Kier molecular flexibility index (Phi) is 2.07. The zero-order valence-electron chi connectivity index (χ0n) is 5.72. The molecule has 0 heterocycles. The van der Waals surface area contributed by atoms with Crippen molar-refractivity contribution in [2.45, 2.75) is 25.3 Å². The number of nitriles is 1. The molecule has 0 aromatic heterocycles. The first kappa shape index (κ1) is 6.57. The van der Waals surface area contributed by atoms with E-state index in [1.165, 1.54) is 12.8 Å². The van der Waals surface area contributed by atoms with Crippen molar-refractivity contribution >= 4 is 0 Å². The van der Waals surface area contributed by atoms with E-state index in [0.717, 1.165) is 6.42 Å². The lowest BCUT2D eigenvalue weighted by Gasteiger charge is -2.09. The first-order valence-electron chi connectivity index (χ1n) is 3.45. The predicted molar refractivity (Wildman–Crippen MR) is 35.8 cm³/mol. The van der Waals surface area contributed by atoms with Crippen LogP contribution in [0.4, 0.5) is 0 Å². The van der Waals surface area contributed by atoms with Gasteiger partial charge in [-0.3, -0.25) is 0 Å². The molecule has 50 valence electrons. The highest BCUT2D eigenvalue weighted by atomic mass is 14.9. The minimum absolute atomic E-state index is 0.273. The molecule has 0 saturated heterocycles. The average molecular weight is 124 g/mol. The zero-order chi connectivity index (χ0) is 6.69. The van der Waals surface area contributed by atoms with Gasteiger partial charge in [-0.1, -0.05) is 6.42 Å². The molecule has 2 atom stereocenters. The molecule has 0 aliphatic heterocycles. The fourth-order valence-corrected chi connectivity index (χ4v) is 1.46. The molecule has 2 heteroatoms. The molecule has 1 saturated carbocycles. The molecule has 0 aromatic rings. The highest BCUT2D eigenvalue weighted by Crippen LogP contribution is 2.23. The van der Waals surface area contributed by atoms with Crippen molar-refractivity contribution < 1.29 is 0 Å². The van der Waals surface area contributed by atoms with Gasteiger partial charge in [-0.15, -0.1) is 0 Å². The summed E-state index contributed by atoms with van der Waals surface area (Å²) in [5.41, 5.74) is 0. The summed E-state index contributed by atoms with van der Waals surface area (Å²) in [6.07, 6.45) is 3.47. The van der Waals surface area contributed by atoms with Gasteiger partial charge in [0.2, 0.25) is 0 Å². The third kappa shape index (κ3) is 1.22. The summed E-state index contributed by atoms with van der Waals surface area (Å²) < 4.78 is 0. The number of nitrogens with zero attached hydrogens (tertiary/aromatic N) is 1. The topological polar surface area (TPSA) is 35.8 Å². The van der Waals surface area contributed by atoms with Crippen LogP contribution in [0.2, 0.25) is 0 Å². The van der Waals surface area contributed by atoms with E-state index in [2.05, 4.69) is 11.4 Å². The van der Waals surface area contributed by atoms with Crippen LogP contribution in [0, 0.1) is 17.2 Å². The summed E-state index contributed by atoms with van der Waals surface area (Å²) in [7, 11) is 1.93. The Bertz CT molecular complexity index is 125. The molecule has 9 heavy (non-hydrogen) atoms. The standard InChI is InChI=1S/C7H12N2/c1-9-7-4-2-3-6(7)5-8/h6-7,9H,2-4H2,1H3/t6-,7?/m1/s1. The van der Waals surface area contributed by atoms with Crippen molar-refractivity contribution in [3.05, 3.63) is 0 Å². The molecule has 1 unspecified atom stereocenters. The van der Waals surface area contributed by atoms with Crippen LogP contribution in [0.25, 0.3) is 0 Å². The summed E-state index contributed by atoms with van der Waals surface area (Å²) in [5, 5.41) is 11.7. The van der Waals surface area contributed by atoms with Gasteiger partial charge in [-0.25, -0.2) is 0 Å². The van der Waals surface area contributed by atoms with Crippen molar-refractivity contribution in [1.82, 2.24) is 5.32 Å². The Morgan fingerprint density at radius 3 is 2.78 bits per heavy atom. The molecule has 1 aliphatic carbocycles. The third-order valence-corrected chi connectivity index (χ3v) is 2.05. The number of rotatable bonds is 1. The molecule has 0 radical (unpaired) electrons. The van der Waals surface area contributed by atoms with E-state index >= 15 is 0 Å². The van der Waals surface area contributed by atoms with Crippen LogP contribution in [-0.4, -0.2) is 13.1 Å². The SMILES string of the molecule is CNC1CCC[C@@H]1C#N. The summed E-state index contributed by atoms with van der Waals surface area (Å²) >= 11 is 0. The first-order chi connectivity index (χ1) is 4.38. The highest BCUT2D eigenvalue weighted by molar-refractivity contribution is 4.95. The second kappa shape index (κ2) is 2.84. The Morgan fingerprint density at radius 1 is 1.56 bits per heavy atom. The van der Waals surface area contributed by atoms with Crippen molar-refractivity contribution in [2.75, 3.05) is 7.05 Å². The van der Waals surface area contributed by atoms with Gasteiger partial charge in [0.1, 0.15) is 0 Å². The lowest BCUT2D eigenvalue weighted by atomic mass is 10.1. The molecule has 0 bridgehead atoms. The molecule has 1 aliphatic rings. The van der Waals surface area contributed by atoms with Gasteiger partial charge < -0.3 is 5.32 Å². The molecule has 2 nitrogen and oxygen atoms in total. The first-order valence-corrected chi connectivity index (χ1v) is 3.45. The van der Waals surface area contributed by atoms with Crippen LogP contribution in [0.1, 0.15) is 19.3 Å². The average Bonchev–Trinajstić information content (AvgIpc) is 2.33. The summed E-state index contributed by atoms with van der Waals surface area (Å²) in [6.45, 7) is 0. The summed E-state index contributed by atoms with van der Waals surface area (Å²) in [4.78, 5) is 0. The Labute approximate surface area is 55.9 Å². The minimum Gasteiger partial charge on any atom is -0.316 e. The summed E-state index contributed by atoms with van der Waals surface area (Å²) in [5.74, 6) is 0.273. The fourth-order valence-electron chi connectivity index (χ4n) is 1.46. The van der Waals surface area contributed by atoms with E-state index in [9.17, 15) is 0 Å². The number of nitrogens with one attached hydrogen (secondary N) is 1. The van der Waals surface area contributed by atoms with Gasteiger partial charge in [0.25, 0.3) is 0 Å². The van der Waals surface area contributed by atoms with Crippen LogP contribution in [0.5, 0.6) is 0 Å². The van der Waals surface area contributed by atoms with Crippen LogP contribution in [0.15, 0.2) is 0 Å². The van der Waals surface area contributed by atoms with Gasteiger partial charge in [0.15, 0.2) is 0 Å². The molecular weight excluding hydrogens is 112 g/mol. The largest absolute Gasteiger partial charge is 0.316 e. The van der Waals surface area contributed by atoms with Gasteiger partial charge in [0, 0.05) is 6.04 Å². The monoisotopic (exact) mass is 124 g/mol. The molecule has 1 N–H and O–H groups in total. The summed E-state index contributed by atoms with van der Waals surface area (Å²) in [6, 6.07) is 2.77. The van der Waals surface area contributed by atoms with Gasteiger partial charge in [0.05, 0.1) is 12.0 Å². The van der Waals surface area contributed by atoms with E-state index in [1.807, 2.05) is 7.05 Å². The van der Waals surface area contributed by atoms with E-state index in [1.54, 1.807) is 0 Å². The lowest BCUT2D eigenvalue weighted by molar-refractivity contribution is 0.506. The second-order valence-corrected chi connectivity index (χ2v) is 2.56. The maximum absolute atomic E-state index is 8.58. The van der Waals surface area contributed by atoms with Crippen molar-refractivity contribution in [2.24, 2.45) is 5.92 Å². The number of hydrogen-bond acceptors (Lipinski definition) is 2. The van der Waals surface area contributed by atoms with Crippen LogP contribution in [0.3, 0.4) is 0 Å². The molecule has 0 amide bonds. The third-order valence-electron chi connectivity index (χ3n) is 2.05. The maximum Gasteiger partial charge on any atom is 0.0672 e. The molecule has 0 spiro atoms. The smallest absolute Gasteiger partial charge is 0.0672 e. The van der Waals surface area contributed by atoms with E-state index in [4.69, 9.17) is 5.26 Å².